The lowest BCUT2D eigenvalue weighted by molar-refractivity contribution is 0.241. The van der Waals surface area contributed by atoms with Crippen LogP contribution in [-0.4, -0.2) is 33.1 Å². The summed E-state index contributed by atoms with van der Waals surface area (Å²) in [6.45, 7) is 1.72. The van der Waals surface area contributed by atoms with Gasteiger partial charge in [-0.2, -0.15) is 5.10 Å². The molecule has 0 unspecified atom stereocenters. The van der Waals surface area contributed by atoms with Crippen LogP contribution in [-0.2, 0) is 13.1 Å². The highest BCUT2D eigenvalue weighted by Gasteiger charge is 2.05. The lowest BCUT2D eigenvalue weighted by atomic mass is 10.1. The number of aromatic nitrogens is 3. The van der Waals surface area contributed by atoms with Gasteiger partial charge in [0.1, 0.15) is 12.7 Å². The molecule has 3 rings (SSSR count). The van der Waals surface area contributed by atoms with E-state index in [4.69, 9.17) is 0 Å². The van der Waals surface area contributed by atoms with Crippen LogP contribution in [0.4, 0.5) is 4.79 Å². The highest BCUT2D eigenvalue weighted by atomic mass is 32.2. The standard InChI is InChI=1S/C19H21N5OS/c25-19(21-10-11-26-18-8-2-1-3-9-18)22-12-16-6-4-5-7-17(16)13-24-15-20-14-23-24/h1-9,14-15H,10-13H2,(H2,21,22,25). The van der Waals surface area contributed by atoms with Crippen molar-refractivity contribution in [2.75, 3.05) is 12.3 Å². The molecule has 0 spiro atoms. The minimum Gasteiger partial charge on any atom is -0.337 e. The second-order valence-electron chi connectivity index (χ2n) is 5.63. The zero-order valence-corrected chi connectivity index (χ0v) is 15.2. The van der Waals surface area contributed by atoms with Gasteiger partial charge >= 0.3 is 6.03 Å². The molecule has 0 fully saturated rings. The summed E-state index contributed by atoms with van der Waals surface area (Å²) in [5.74, 6) is 0.834. The zero-order chi connectivity index (χ0) is 18.0. The number of urea groups is 1. The van der Waals surface area contributed by atoms with Crippen molar-refractivity contribution in [3.63, 3.8) is 0 Å². The van der Waals surface area contributed by atoms with Crippen LogP contribution in [0.25, 0.3) is 0 Å². The molecule has 2 aromatic carbocycles. The minimum atomic E-state index is -0.158. The molecule has 0 aliphatic carbocycles. The number of benzene rings is 2. The van der Waals surface area contributed by atoms with Crippen molar-refractivity contribution in [2.45, 2.75) is 18.0 Å². The van der Waals surface area contributed by atoms with Gasteiger partial charge in [-0.3, -0.25) is 0 Å². The van der Waals surface area contributed by atoms with Crippen LogP contribution in [0.5, 0.6) is 0 Å². The number of amides is 2. The van der Waals surface area contributed by atoms with Crippen molar-refractivity contribution in [3.8, 4) is 0 Å². The van der Waals surface area contributed by atoms with Crippen LogP contribution in [0.3, 0.4) is 0 Å². The maximum Gasteiger partial charge on any atom is 0.315 e. The molecule has 0 saturated carbocycles. The van der Waals surface area contributed by atoms with Gasteiger partial charge in [0.25, 0.3) is 0 Å². The van der Waals surface area contributed by atoms with Crippen LogP contribution in [0.1, 0.15) is 11.1 Å². The second kappa shape index (κ2) is 9.62. The van der Waals surface area contributed by atoms with E-state index in [0.29, 0.717) is 19.6 Å². The van der Waals surface area contributed by atoms with Crippen LogP contribution >= 0.6 is 11.8 Å². The quantitative estimate of drug-likeness (QED) is 0.474. The molecule has 1 aromatic heterocycles. The molecular weight excluding hydrogens is 346 g/mol. The summed E-state index contributed by atoms with van der Waals surface area (Å²) in [5.41, 5.74) is 2.18. The first-order valence-electron chi connectivity index (χ1n) is 8.40. The molecule has 2 N–H and O–H groups in total. The highest BCUT2D eigenvalue weighted by molar-refractivity contribution is 7.99. The molecule has 7 heteroatoms. The van der Waals surface area contributed by atoms with E-state index >= 15 is 0 Å². The summed E-state index contributed by atoms with van der Waals surface area (Å²) < 4.78 is 1.76. The Morgan fingerprint density at radius 1 is 1.00 bits per heavy atom. The maximum atomic E-state index is 12.0. The lowest BCUT2D eigenvalue weighted by Gasteiger charge is -2.11. The molecule has 0 bridgehead atoms. The molecular formula is C19H21N5OS. The van der Waals surface area contributed by atoms with E-state index in [-0.39, 0.29) is 6.03 Å². The van der Waals surface area contributed by atoms with Crippen molar-refractivity contribution >= 4 is 17.8 Å². The first-order chi connectivity index (χ1) is 12.8. The highest BCUT2D eigenvalue weighted by Crippen LogP contribution is 2.15. The van der Waals surface area contributed by atoms with Crippen LogP contribution < -0.4 is 10.6 Å². The van der Waals surface area contributed by atoms with Gasteiger partial charge in [-0.1, -0.05) is 42.5 Å². The monoisotopic (exact) mass is 367 g/mol. The molecule has 26 heavy (non-hydrogen) atoms. The summed E-state index contributed by atoms with van der Waals surface area (Å²) in [4.78, 5) is 17.2. The predicted octanol–water partition coefficient (Wildman–Crippen LogP) is 2.92. The number of hydrogen-bond donors (Lipinski definition) is 2. The zero-order valence-electron chi connectivity index (χ0n) is 14.3. The fourth-order valence-electron chi connectivity index (χ4n) is 2.46. The van der Waals surface area contributed by atoms with Gasteiger partial charge in [0.2, 0.25) is 0 Å². The molecule has 1 heterocycles. The SMILES string of the molecule is O=C(NCCSc1ccccc1)NCc1ccccc1Cn1cncn1. The van der Waals surface area contributed by atoms with E-state index < -0.39 is 0 Å². The van der Waals surface area contributed by atoms with E-state index in [1.165, 1.54) is 11.2 Å². The number of carbonyl (C=O) groups excluding carboxylic acids is 1. The average Bonchev–Trinajstić information content (AvgIpc) is 3.18. The van der Waals surface area contributed by atoms with Gasteiger partial charge in [0.15, 0.2) is 0 Å². The molecule has 0 aliphatic rings. The first-order valence-corrected chi connectivity index (χ1v) is 9.38. The van der Waals surface area contributed by atoms with E-state index in [2.05, 4.69) is 32.8 Å². The predicted molar refractivity (Wildman–Crippen MR) is 103 cm³/mol. The summed E-state index contributed by atoms with van der Waals surface area (Å²) >= 11 is 1.72. The number of thioether (sulfide) groups is 1. The Morgan fingerprint density at radius 3 is 2.54 bits per heavy atom. The summed E-state index contributed by atoms with van der Waals surface area (Å²) in [7, 11) is 0. The Balaban J connectivity index is 1.41. The van der Waals surface area contributed by atoms with Crippen molar-refractivity contribution in [2.24, 2.45) is 0 Å². The number of nitrogens with zero attached hydrogens (tertiary/aromatic N) is 3. The maximum absolute atomic E-state index is 12.0. The fraction of sp³-hybridized carbons (Fsp3) is 0.211. The number of hydrogen-bond acceptors (Lipinski definition) is 4. The molecule has 6 nitrogen and oxygen atoms in total. The van der Waals surface area contributed by atoms with E-state index in [0.717, 1.165) is 16.9 Å². The molecule has 0 aliphatic heterocycles. The topological polar surface area (TPSA) is 71.8 Å². The second-order valence-corrected chi connectivity index (χ2v) is 6.80. The lowest BCUT2D eigenvalue weighted by Crippen LogP contribution is -2.36. The molecule has 134 valence electrons. The van der Waals surface area contributed by atoms with Gasteiger partial charge in [-0.05, 0) is 23.3 Å². The van der Waals surface area contributed by atoms with Crippen molar-refractivity contribution in [3.05, 3.63) is 78.4 Å². The third-order valence-corrected chi connectivity index (χ3v) is 4.77. The Labute approximate surface area is 157 Å². The van der Waals surface area contributed by atoms with Gasteiger partial charge in [-0.25, -0.2) is 14.5 Å². The van der Waals surface area contributed by atoms with E-state index in [1.54, 1.807) is 22.8 Å². The summed E-state index contributed by atoms with van der Waals surface area (Å²) in [5, 5.41) is 9.93. The molecule has 0 saturated heterocycles. The van der Waals surface area contributed by atoms with Gasteiger partial charge in [-0.15, -0.1) is 11.8 Å². The van der Waals surface area contributed by atoms with E-state index in [1.807, 2.05) is 42.5 Å². The summed E-state index contributed by atoms with van der Waals surface area (Å²) in [6.07, 6.45) is 3.20. The number of carbonyl (C=O) groups is 1. The van der Waals surface area contributed by atoms with Crippen LogP contribution in [0.2, 0.25) is 0 Å². The smallest absolute Gasteiger partial charge is 0.315 e. The first kappa shape index (κ1) is 18.0. The Hall–Kier alpha value is -2.80. The minimum absolute atomic E-state index is 0.158. The van der Waals surface area contributed by atoms with Gasteiger partial charge in [0, 0.05) is 23.7 Å². The largest absolute Gasteiger partial charge is 0.337 e. The van der Waals surface area contributed by atoms with Gasteiger partial charge in [0.05, 0.1) is 6.54 Å². The molecule has 3 aromatic rings. The molecule has 0 atom stereocenters. The third kappa shape index (κ3) is 5.63. The molecule has 0 radical (unpaired) electrons. The van der Waals surface area contributed by atoms with Crippen molar-refractivity contribution < 1.29 is 4.79 Å². The van der Waals surface area contributed by atoms with Crippen LogP contribution in [0.15, 0.2) is 72.1 Å². The Bertz CT molecular complexity index is 808. The van der Waals surface area contributed by atoms with Crippen LogP contribution in [0, 0.1) is 0 Å². The average molecular weight is 367 g/mol. The Kier molecular flexibility index (Phi) is 6.66. The fourth-order valence-corrected chi connectivity index (χ4v) is 3.25. The van der Waals surface area contributed by atoms with E-state index in [9.17, 15) is 4.79 Å². The normalized spacial score (nSPS) is 10.5. The Morgan fingerprint density at radius 2 is 1.77 bits per heavy atom. The summed E-state index contributed by atoms with van der Waals surface area (Å²) in [6, 6.07) is 18.0. The van der Waals surface area contributed by atoms with Crippen molar-refractivity contribution in [1.82, 2.24) is 25.4 Å². The number of rotatable bonds is 8. The number of nitrogens with one attached hydrogen (secondary N) is 2. The molecule has 2 amide bonds. The third-order valence-electron chi connectivity index (χ3n) is 3.76. The van der Waals surface area contributed by atoms with Gasteiger partial charge < -0.3 is 10.6 Å². The van der Waals surface area contributed by atoms with Crippen molar-refractivity contribution in [1.29, 1.82) is 0 Å².